The van der Waals surface area contributed by atoms with Crippen LogP contribution in [0.3, 0.4) is 0 Å². The number of anilines is 2. The lowest BCUT2D eigenvalue weighted by Gasteiger charge is -2.27. The Labute approximate surface area is 208 Å². The highest BCUT2D eigenvalue weighted by Crippen LogP contribution is 2.29. The van der Waals surface area contributed by atoms with Crippen molar-refractivity contribution >= 4 is 44.6 Å². The van der Waals surface area contributed by atoms with E-state index in [1.807, 2.05) is 24.3 Å². The van der Waals surface area contributed by atoms with E-state index >= 15 is 0 Å². The van der Waals surface area contributed by atoms with Gasteiger partial charge in [-0.15, -0.1) is 0 Å². The third-order valence-corrected chi connectivity index (χ3v) is 7.51. The van der Waals surface area contributed by atoms with Crippen LogP contribution in [-0.2, 0) is 26.9 Å². The number of amides is 2. The van der Waals surface area contributed by atoms with E-state index in [9.17, 15) is 18.0 Å². The Morgan fingerprint density at radius 1 is 1.06 bits per heavy atom. The number of sulfone groups is 1. The van der Waals surface area contributed by atoms with E-state index in [1.165, 1.54) is 0 Å². The fraction of sp³-hybridized carbons (Fsp3) is 0.200. The quantitative estimate of drug-likeness (QED) is 0.424. The average molecular weight is 514 g/mol. The SMILES string of the molecule is COc1ccc(CNC(=O)c2ccc3c(c2)NC(=O)[C@@H](CS(=O)(=O)Cc2ccccc2Cl)N3)cc1. The Morgan fingerprint density at radius 3 is 2.51 bits per heavy atom. The third kappa shape index (κ3) is 6.12. The molecule has 0 bridgehead atoms. The first-order valence-corrected chi connectivity index (χ1v) is 13.0. The molecule has 0 fully saturated rings. The summed E-state index contributed by atoms with van der Waals surface area (Å²) in [6, 6.07) is 17.9. The summed E-state index contributed by atoms with van der Waals surface area (Å²) in [6.45, 7) is 0.329. The maximum Gasteiger partial charge on any atom is 0.251 e. The Hall–Kier alpha value is -3.56. The molecule has 10 heteroatoms. The Balaban J connectivity index is 1.40. The molecule has 0 saturated carbocycles. The van der Waals surface area contributed by atoms with Crippen LogP contribution in [0, 0.1) is 0 Å². The number of carbonyl (C=O) groups excluding carboxylic acids is 2. The highest BCUT2D eigenvalue weighted by atomic mass is 35.5. The van der Waals surface area contributed by atoms with Crippen molar-refractivity contribution < 1.29 is 22.7 Å². The van der Waals surface area contributed by atoms with E-state index in [-0.39, 0.29) is 11.7 Å². The lowest BCUT2D eigenvalue weighted by atomic mass is 10.1. The number of hydrogen-bond donors (Lipinski definition) is 3. The van der Waals surface area contributed by atoms with Gasteiger partial charge in [0, 0.05) is 17.1 Å². The summed E-state index contributed by atoms with van der Waals surface area (Å²) in [5.74, 6) is -0.724. The first kappa shape index (κ1) is 24.6. The fourth-order valence-electron chi connectivity index (χ4n) is 3.70. The number of benzene rings is 3. The van der Waals surface area contributed by atoms with Crippen molar-refractivity contribution in [2.24, 2.45) is 0 Å². The minimum absolute atomic E-state index is 0.266. The van der Waals surface area contributed by atoms with Crippen LogP contribution >= 0.6 is 11.6 Å². The summed E-state index contributed by atoms with van der Waals surface area (Å²) in [5.41, 5.74) is 2.70. The second-order valence-electron chi connectivity index (χ2n) is 8.12. The standard InChI is InChI=1S/C25H24ClN3O5S/c1-34-19-9-6-16(7-10-19)13-27-24(30)17-8-11-21-22(12-17)29-25(31)23(28-21)15-35(32,33)14-18-4-2-3-5-20(18)26/h2-12,23,28H,13-15H2,1H3,(H,27,30)(H,29,31)/t23-/m1/s1. The predicted octanol–water partition coefficient (Wildman–Crippen LogP) is 3.63. The number of ether oxygens (including phenoxy) is 1. The van der Waals surface area contributed by atoms with E-state index in [2.05, 4.69) is 16.0 Å². The lowest BCUT2D eigenvalue weighted by molar-refractivity contribution is -0.116. The number of hydrogen-bond acceptors (Lipinski definition) is 6. The number of nitrogens with one attached hydrogen (secondary N) is 3. The summed E-state index contributed by atoms with van der Waals surface area (Å²) < 4.78 is 30.5. The molecule has 3 aromatic rings. The van der Waals surface area contributed by atoms with E-state index in [0.717, 1.165) is 11.3 Å². The molecule has 0 unspecified atom stereocenters. The third-order valence-electron chi connectivity index (χ3n) is 5.55. The molecule has 3 aromatic carbocycles. The van der Waals surface area contributed by atoms with Crippen LogP contribution in [0.4, 0.5) is 11.4 Å². The summed E-state index contributed by atoms with van der Waals surface area (Å²) in [7, 11) is -2.05. The minimum Gasteiger partial charge on any atom is -0.497 e. The number of carbonyl (C=O) groups is 2. The summed E-state index contributed by atoms with van der Waals surface area (Å²) in [4.78, 5) is 25.2. The van der Waals surface area contributed by atoms with Crippen molar-refractivity contribution in [2.75, 3.05) is 23.5 Å². The zero-order chi connectivity index (χ0) is 25.0. The highest BCUT2D eigenvalue weighted by Gasteiger charge is 2.31. The van der Waals surface area contributed by atoms with Crippen molar-refractivity contribution in [3.8, 4) is 5.75 Å². The summed E-state index contributed by atoms with van der Waals surface area (Å²) in [6.07, 6.45) is 0. The molecule has 1 atom stereocenters. The van der Waals surface area contributed by atoms with Crippen LogP contribution in [0.15, 0.2) is 66.7 Å². The molecule has 0 aromatic heterocycles. The van der Waals surface area contributed by atoms with E-state index in [1.54, 1.807) is 49.6 Å². The fourth-order valence-corrected chi connectivity index (χ4v) is 5.57. The maximum atomic E-state index is 12.7. The number of methoxy groups -OCH3 is 1. The molecule has 0 spiro atoms. The number of fused-ring (bicyclic) bond motifs is 1. The molecule has 0 saturated heterocycles. The molecule has 35 heavy (non-hydrogen) atoms. The predicted molar refractivity (Wildman–Crippen MR) is 136 cm³/mol. The van der Waals surface area contributed by atoms with Crippen LogP contribution in [0.2, 0.25) is 5.02 Å². The number of rotatable bonds is 8. The van der Waals surface area contributed by atoms with Crippen molar-refractivity contribution in [1.29, 1.82) is 0 Å². The van der Waals surface area contributed by atoms with Gasteiger partial charge in [-0.1, -0.05) is 41.9 Å². The van der Waals surface area contributed by atoms with Crippen molar-refractivity contribution in [2.45, 2.75) is 18.3 Å². The molecule has 182 valence electrons. The molecule has 1 aliphatic heterocycles. The first-order valence-electron chi connectivity index (χ1n) is 10.8. The van der Waals surface area contributed by atoms with Crippen LogP contribution in [-0.4, -0.2) is 39.1 Å². The van der Waals surface area contributed by atoms with Gasteiger partial charge in [0.1, 0.15) is 11.8 Å². The molecule has 8 nitrogen and oxygen atoms in total. The highest BCUT2D eigenvalue weighted by molar-refractivity contribution is 7.90. The Kier molecular flexibility index (Phi) is 7.28. The van der Waals surface area contributed by atoms with Crippen LogP contribution < -0.4 is 20.7 Å². The summed E-state index contributed by atoms with van der Waals surface area (Å²) >= 11 is 6.08. The molecular weight excluding hydrogens is 490 g/mol. The van der Waals surface area contributed by atoms with E-state index in [4.69, 9.17) is 16.3 Å². The van der Waals surface area contributed by atoms with Gasteiger partial charge in [-0.05, 0) is 47.5 Å². The van der Waals surface area contributed by atoms with Gasteiger partial charge in [-0.25, -0.2) is 8.42 Å². The smallest absolute Gasteiger partial charge is 0.251 e. The molecule has 0 aliphatic carbocycles. The number of halogens is 1. The van der Waals surface area contributed by atoms with E-state index < -0.39 is 27.5 Å². The Morgan fingerprint density at radius 2 is 1.80 bits per heavy atom. The zero-order valence-corrected chi connectivity index (χ0v) is 20.4. The summed E-state index contributed by atoms with van der Waals surface area (Å²) in [5, 5.41) is 8.87. The normalized spacial score (nSPS) is 14.9. The lowest BCUT2D eigenvalue weighted by Crippen LogP contribution is -2.43. The maximum absolute atomic E-state index is 12.7. The average Bonchev–Trinajstić information content (AvgIpc) is 2.84. The minimum atomic E-state index is -3.63. The molecule has 3 N–H and O–H groups in total. The van der Waals surface area contributed by atoms with Gasteiger partial charge in [0.25, 0.3) is 5.91 Å². The Bertz CT molecular complexity index is 1360. The van der Waals surface area contributed by atoms with Crippen LogP contribution in [0.5, 0.6) is 5.75 Å². The molecule has 2 amide bonds. The van der Waals surface area contributed by atoms with Gasteiger partial charge in [-0.3, -0.25) is 9.59 Å². The molecule has 1 heterocycles. The van der Waals surface area contributed by atoms with Crippen molar-refractivity contribution in [3.05, 3.63) is 88.4 Å². The van der Waals surface area contributed by atoms with Gasteiger partial charge >= 0.3 is 0 Å². The van der Waals surface area contributed by atoms with Crippen LogP contribution in [0.25, 0.3) is 0 Å². The van der Waals surface area contributed by atoms with Crippen LogP contribution in [0.1, 0.15) is 21.5 Å². The van der Waals surface area contributed by atoms with Gasteiger partial charge in [0.2, 0.25) is 5.91 Å². The molecular formula is C25H24ClN3O5S. The molecule has 4 rings (SSSR count). The second-order valence-corrected chi connectivity index (χ2v) is 10.6. The zero-order valence-electron chi connectivity index (χ0n) is 18.9. The van der Waals surface area contributed by atoms with Gasteiger partial charge in [-0.2, -0.15) is 0 Å². The molecule has 1 aliphatic rings. The largest absolute Gasteiger partial charge is 0.497 e. The molecule has 0 radical (unpaired) electrons. The van der Waals surface area contributed by atoms with E-state index in [0.29, 0.717) is 34.1 Å². The monoisotopic (exact) mass is 513 g/mol. The van der Waals surface area contributed by atoms with Crippen molar-refractivity contribution in [1.82, 2.24) is 5.32 Å². The van der Waals surface area contributed by atoms with Gasteiger partial charge in [0.05, 0.1) is 30.0 Å². The van der Waals surface area contributed by atoms with Crippen molar-refractivity contribution in [3.63, 3.8) is 0 Å². The van der Waals surface area contributed by atoms with Gasteiger partial charge < -0.3 is 20.7 Å². The first-order chi connectivity index (χ1) is 16.7. The second kappa shape index (κ2) is 10.4. The van der Waals surface area contributed by atoms with Gasteiger partial charge in [0.15, 0.2) is 9.84 Å². The topological polar surface area (TPSA) is 114 Å².